The Hall–Kier alpha value is -2.18. The zero-order valence-electron chi connectivity index (χ0n) is 31.8. The van der Waals surface area contributed by atoms with Crippen molar-refractivity contribution in [3.63, 3.8) is 0 Å². The first-order valence-electron chi connectivity index (χ1n) is 19.4. The molecule has 0 aromatic heterocycles. The molecule has 0 spiro atoms. The van der Waals surface area contributed by atoms with Crippen LogP contribution < -0.4 is 0 Å². The molecule has 0 aliphatic heterocycles. The number of hydrogen-bond acceptors (Lipinski definition) is 11. The Bertz CT molecular complexity index is 1120. The van der Waals surface area contributed by atoms with E-state index >= 15 is 0 Å². The normalized spacial score (nSPS) is 19.0. The monoisotopic (exact) mass is 758 g/mol. The second-order valence-corrected chi connectivity index (χ2v) is 15.6. The first-order valence-corrected chi connectivity index (χ1v) is 20.9. The highest BCUT2D eigenvalue weighted by Gasteiger charge is 2.28. The lowest BCUT2D eigenvalue weighted by Gasteiger charge is -2.20. The smallest absolute Gasteiger partial charge is 0.462 e. The highest BCUT2D eigenvalue weighted by atomic mass is 31.2. The number of carbonyl (C=O) groups excluding carboxylic acids is 3. The third kappa shape index (κ3) is 24.9. The third-order valence-corrected chi connectivity index (χ3v) is 9.67. The molecule has 0 saturated heterocycles. The number of rotatable bonds is 32. The average molecular weight is 759 g/mol. The molecule has 1 aliphatic rings. The molecule has 0 saturated carbocycles. The molecule has 13 heteroatoms. The van der Waals surface area contributed by atoms with E-state index in [1.54, 1.807) is 12.2 Å². The standard InChI is InChI=1S/C39H67O12P/c1-4-5-13-20-33(41)24-25-36-32(23-26-37(36)43)19-15-11-12-16-21-38(44)48-29-35(30-50-52(46,47)49-28-34(42)27-40)51-39(45)22-17-10-8-6-7-9-14-18-31(2)3/h11,15,23-26,31-36,40-42H,4-10,12-14,16-22,27-30H2,1-3H3,(H,46,47)/b15-11-,25-24+/t32-,33-,34-,35+,36+/m0/s1. The second kappa shape index (κ2) is 29.2. The van der Waals surface area contributed by atoms with Gasteiger partial charge >= 0.3 is 19.8 Å². The van der Waals surface area contributed by atoms with Gasteiger partial charge in [0.05, 0.1) is 25.9 Å². The van der Waals surface area contributed by atoms with Gasteiger partial charge in [0.25, 0.3) is 0 Å². The van der Waals surface area contributed by atoms with Gasteiger partial charge in [-0.2, -0.15) is 0 Å². The van der Waals surface area contributed by atoms with Gasteiger partial charge in [0.15, 0.2) is 11.9 Å². The van der Waals surface area contributed by atoms with Crippen molar-refractivity contribution in [2.24, 2.45) is 17.8 Å². The average Bonchev–Trinajstić information content (AvgIpc) is 3.46. The van der Waals surface area contributed by atoms with Gasteiger partial charge in [0.1, 0.15) is 12.7 Å². The van der Waals surface area contributed by atoms with Crippen LogP contribution in [0.2, 0.25) is 0 Å². The molecule has 12 nitrogen and oxygen atoms in total. The zero-order valence-corrected chi connectivity index (χ0v) is 32.7. The van der Waals surface area contributed by atoms with Crippen LogP contribution in [0.3, 0.4) is 0 Å². The Kier molecular flexibility index (Phi) is 26.9. The molecule has 300 valence electrons. The van der Waals surface area contributed by atoms with Gasteiger partial charge < -0.3 is 29.7 Å². The maximum atomic E-state index is 12.5. The largest absolute Gasteiger partial charge is 0.472 e. The van der Waals surface area contributed by atoms with Crippen molar-refractivity contribution < 1.29 is 57.7 Å². The quantitative estimate of drug-likeness (QED) is 0.0237. The van der Waals surface area contributed by atoms with Crippen molar-refractivity contribution in [3.05, 3.63) is 36.5 Å². The summed E-state index contributed by atoms with van der Waals surface area (Å²) in [6.45, 7) is 4.26. The number of esters is 2. The van der Waals surface area contributed by atoms with E-state index in [1.165, 1.54) is 25.7 Å². The lowest BCUT2D eigenvalue weighted by atomic mass is 9.90. The fraction of sp³-hybridized carbons (Fsp3) is 0.769. The molecule has 0 amide bonds. The summed E-state index contributed by atoms with van der Waals surface area (Å²) in [6.07, 6.45) is 22.1. The topological polar surface area (TPSA) is 186 Å². The summed E-state index contributed by atoms with van der Waals surface area (Å²) >= 11 is 0. The minimum atomic E-state index is -4.66. The molecule has 1 aliphatic carbocycles. The van der Waals surface area contributed by atoms with Crippen molar-refractivity contribution in [1.82, 2.24) is 0 Å². The van der Waals surface area contributed by atoms with Gasteiger partial charge in [-0.05, 0) is 50.0 Å². The van der Waals surface area contributed by atoms with Crippen LogP contribution in [-0.2, 0) is 37.5 Å². The fourth-order valence-corrected chi connectivity index (χ4v) is 6.37. The maximum Gasteiger partial charge on any atom is 0.472 e. The second-order valence-electron chi connectivity index (χ2n) is 14.1. The van der Waals surface area contributed by atoms with E-state index in [1.807, 2.05) is 24.3 Å². The maximum absolute atomic E-state index is 12.5. The number of phosphoric acid groups is 1. The van der Waals surface area contributed by atoms with Crippen molar-refractivity contribution in [3.8, 4) is 0 Å². The van der Waals surface area contributed by atoms with E-state index in [0.717, 1.165) is 44.4 Å². The number of ether oxygens (including phenoxy) is 2. The highest BCUT2D eigenvalue weighted by Crippen LogP contribution is 2.43. The SMILES string of the molecule is CCCCC[C@H](O)/C=C/[C@H]1C(=O)C=C[C@@H]1C/C=C\CCCC(=O)OC[C@H](COP(=O)(O)OC[C@@H](O)CO)OC(=O)CCCCCCCCCC(C)C. The van der Waals surface area contributed by atoms with Crippen molar-refractivity contribution in [1.29, 1.82) is 0 Å². The number of carbonyl (C=O) groups is 3. The summed E-state index contributed by atoms with van der Waals surface area (Å²) < 4.78 is 32.5. The van der Waals surface area contributed by atoms with Gasteiger partial charge in [0, 0.05) is 18.8 Å². The van der Waals surface area contributed by atoms with E-state index in [0.29, 0.717) is 32.1 Å². The van der Waals surface area contributed by atoms with E-state index < -0.39 is 57.9 Å². The Morgan fingerprint density at radius 3 is 2.21 bits per heavy atom. The predicted molar refractivity (Wildman–Crippen MR) is 200 cm³/mol. The first kappa shape index (κ1) is 47.8. The molecule has 1 unspecified atom stereocenters. The highest BCUT2D eigenvalue weighted by molar-refractivity contribution is 7.47. The third-order valence-electron chi connectivity index (χ3n) is 8.72. The van der Waals surface area contributed by atoms with Gasteiger partial charge in [-0.15, -0.1) is 0 Å². The molecular formula is C39H67O12P. The fourth-order valence-electron chi connectivity index (χ4n) is 5.58. The number of aliphatic hydroxyl groups is 3. The molecular weight excluding hydrogens is 691 g/mol. The molecule has 1 rings (SSSR count). The summed E-state index contributed by atoms with van der Waals surface area (Å²) in [4.78, 5) is 47.3. The molecule has 52 heavy (non-hydrogen) atoms. The van der Waals surface area contributed by atoms with E-state index in [-0.39, 0.29) is 37.1 Å². The molecule has 0 fully saturated rings. The zero-order chi connectivity index (χ0) is 38.6. The Morgan fingerprint density at radius 1 is 0.865 bits per heavy atom. The van der Waals surface area contributed by atoms with E-state index in [2.05, 4.69) is 25.3 Å². The Balaban J connectivity index is 2.49. The summed E-state index contributed by atoms with van der Waals surface area (Å²) in [7, 11) is -4.66. The van der Waals surface area contributed by atoms with E-state index in [9.17, 15) is 34.1 Å². The molecule has 0 aromatic rings. The number of hydrogen-bond donors (Lipinski definition) is 4. The Morgan fingerprint density at radius 2 is 1.52 bits per heavy atom. The number of aliphatic hydroxyl groups excluding tert-OH is 3. The minimum Gasteiger partial charge on any atom is -0.462 e. The molecule has 6 atom stereocenters. The number of unbranched alkanes of at least 4 members (excludes halogenated alkanes) is 9. The summed E-state index contributed by atoms with van der Waals surface area (Å²) in [5, 5.41) is 28.5. The summed E-state index contributed by atoms with van der Waals surface area (Å²) in [5.74, 6) is -0.615. The van der Waals surface area contributed by atoms with Gasteiger partial charge in [-0.3, -0.25) is 23.4 Å². The van der Waals surface area contributed by atoms with Crippen molar-refractivity contribution in [2.45, 2.75) is 148 Å². The van der Waals surface area contributed by atoms with Crippen LogP contribution in [0, 0.1) is 17.8 Å². The molecule has 4 N–H and O–H groups in total. The van der Waals surface area contributed by atoms with Crippen LogP contribution in [0.15, 0.2) is 36.5 Å². The van der Waals surface area contributed by atoms with Crippen LogP contribution in [0.5, 0.6) is 0 Å². The van der Waals surface area contributed by atoms with Gasteiger partial charge in [-0.1, -0.05) is 115 Å². The Labute approximate surface area is 311 Å². The van der Waals surface area contributed by atoms with Crippen molar-refractivity contribution >= 4 is 25.5 Å². The van der Waals surface area contributed by atoms with Crippen LogP contribution >= 0.6 is 7.82 Å². The number of phosphoric ester groups is 1. The lowest BCUT2D eigenvalue weighted by Crippen LogP contribution is -2.29. The summed E-state index contributed by atoms with van der Waals surface area (Å²) in [6, 6.07) is 0. The predicted octanol–water partition coefficient (Wildman–Crippen LogP) is 7.08. The molecule has 0 aromatic carbocycles. The van der Waals surface area contributed by atoms with Gasteiger partial charge in [-0.25, -0.2) is 4.57 Å². The van der Waals surface area contributed by atoms with Crippen LogP contribution in [0.1, 0.15) is 130 Å². The number of allylic oxidation sites excluding steroid dienone is 5. The lowest BCUT2D eigenvalue weighted by molar-refractivity contribution is -0.161. The van der Waals surface area contributed by atoms with Crippen molar-refractivity contribution in [2.75, 3.05) is 26.4 Å². The van der Waals surface area contributed by atoms with E-state index in [4.69, 9.17) is 19.1 Å². The molecule has 0 radical (unpaired) electrons. The van der Waals surface area contributed by atoms with Crippen LogP contribution in [0.4, 0.5) is 0 Å². The molecule has 0 heterocycles. The minimum absolute atomic E-state index is 0.0125. The first-order chi connectivity index (χ1) is 24.9. The van der Waals surface area contributed by atoms with Crippen LogP contribution in [-0.4, -0.2) is 82.7 Å². The summed E-state index contributed by atoms with van der Waals surface area (Å²) in [5.41, 5.74) is 0. The number of ketones is 1. The molecule has 0 bridgehead atoms. The van der Waals surface area contributed by atoms with Crippen LogP contribution in [0.25, 0.3) is 0 Å². The van der Waals surface area contributed by atoms with Gasteiger partial charge in [0.2, 0.25) is 0 Å².